The minimum absolute atomic E-state index is 0.00915. The number of aromatic nitrogens is 1. The number of thioether (sulfide) groups is 1. The molecule has 166 valence electrons. The minimum atomic E-state index is -3.48. The third-order valence-corrected chi connectivity index (χ3v) is 8.38. The summed E-state index contributed by atoms with van der Waals surface area (Å²) >= 11 is 1.32. The lowest BCUT2D eigenvalue weighted by Crippen LogP contribution is -2.32. The van der Waals surface area contributed by atoms with Gasteiger partial charge < -0.3 is 9.32 Å². The van der Waals surface area contributed by atoms with Crippen LogP contribution in [-0.2, 0) is 21.4 Å². The van der Waals surface area contributed by atoms with Gasteiger partial charge in [-0.1, -0.05) is 17.8 Å². The van der Waals surface area contributed by atoms with Crippen molar-refractivity contribution in [2.75, 3.05) is 18.8 Å². The van der Waals surface area contributed by atoms with E-state index in [2.05, 4.69) is 11.1 Å². The Morgan fingerprint density at radius 2 is 2.00 bits per heavy atom. The van der Waals surface area contributed by atoms with Gasteiger partial charge in [-0.2, -0.15) is 4.31 Å². The molecule has 0 radical (unpaired) electrons. The number of carbonyl (C=O) groups is 1. The predicted octanol–water partition coefficient (Wildman–Crippen LogP) is 4.04. The summed E-state index contributed by atoms with van der Waals surface area (Å²) in [7, 11) is -3.48. The third kappa shape index (κ3) is 5.39. The monoisotopic (exact) mass is 461 g/mol. The van der Waals surface area contributed by atoms with Crippen molar-refractivity contribution >= 4 is 27.7 Å². The maximum Gasteiger partial charge on any atom is 0.244 e. The van der Waals surface area contributed by atoms with Crippen LogP contribution in [0.2, 0.25) is 0 Å². The highest BCUT2D eigenvalue weighted by molar-refractivity contribution is 7.99. The molecule has 0 aromatic carbocycles. The molecular formula is C22H27N3O4S2. The van der Waals surface area contributed by atoms with Gasteiger partial charge in [0.1, 0.15) is 10.7 Å². The minimum Gasteiger partial charge on any atom is -0.467 e. The second-order valence-corrected chi connectivity index (χ2v) is 10.7. The van der Waals surface area contributed by atoms with Gasteiger partial charge in [0.25, 0.3) is 0 Å². The molecule has 1 aliphatic heterocycles. The van der Waals surface area contributed by atoms with Crippen LogP contribution in [0, 0.1) is 0 Å². The van der Waals surface area contributed by atoms with Gasteiger partial charge in [-0.25, -0.2) is 13.4 Å². The van der Waals surface area contributed by atoms with E-state index in [0.29, 0.717) is 24.7 Å². The highest BCUT2D eigenvalue weighted by Crippen LogP contribution is 2.26. The zero-order valence-corrected chi connectivity index (χ0v) is 19.0. The zero-order valence-electron chi connectivity index (χ0n) is 17.4. The van der Waals surface area contributed by atoms with E-state index in [9.17, 15) is 13.2 Å². The van der Waals surface area contributed by atoms with Crippen LogP contribution in [0.1, 0.15) is 44.3 Å². The van der Waals surface area contributed by atoms with Crippen molar-refractivity contribution in [3.8, 4) is 0 Å². The first kappa shape index (κ1) is 22.1. The number of sulfonamides is 1. The van der Waals surface area contributed by atoms with Crippen molar-refractivity contribution in [3.63, 3.8) is 0 Å². The van der Waals surface area contributed by atoms with Crippen LogP contribution in [0.5, 0.6) is 0 Å². The molecule has 2 aromatic rings. The molecule has 0 bridgehead atoms. The van der Waals surface area contributed by atoms with E-state index in [0.717, 1.165) is 50.0 Å². The van der Waals surface area contributed by atoms with Crippen LogP contribution in [0.4, 0.5) is 0 Å². The molecule has 0 spiro atoms. The Labute approximate surface area is 187 Å². The van der Waals surface area contributed by atoms with Crippen LogP contribution in [-0.4, -0.2) is 47.4 Å². The lowest BCUT2D eigenvalue weighted by molar-refractivity contribution is -0.127. The largest absolute Gasteiger partial charge is 0.467 e. The van der Waals surface area contributed by atoms with Gasteiger partial charge in [-0.3, -0.25) is 4.79 Å². The molecule has 1 saturated heterocycles. The number of hydrogen-bond acceptors (Lipinski definition) is 6. The predicted molar refractivity (Wildman–Crippen MR) is 119 cm³/mol. The van der Waals surface area contributed by atoms with Crippen LogP contribution < -0.4 is 0 Å². The molecule has 2 aromatic heterocycles. The summed E-state index contributed by atoms with van der Waals surface area (Å²) in [5.74, 6) is 0.966. The van der Waals surface area contributed by atoms with E-state index in [1.807, 2.05) is 12.1 Å². The molecule has 1 fully saturated rings. The molecule has 2 aliphatic rings. The Kier molecular flexibility index (Phi) is 7.14. The Morgan fingerprint density at radius 3 is 2.65 bits per heavy atom. The number of nitrogens with zero attached hydrogens (tertiary/aromatic N) is 3. The summed E-state index contributed by atoms with van der Waals surface area (Å²) in [6, 6.07) is 6.96. The molecule has 31 heavy (non-hydrogen) atoms. The first-order valence-electron chi connectivity index (χ1n) is 10.6. The fourth-order valence-electron chi connectivity index (χ4n) is 3.87. The molecule has 9 heteroatoms. The van der Waals surface area contributed by atoms with Crippen LogP contribution in [0.15, 0.2) is 62.8 Å². The molecule has 0 unspecified atom stereocenters. The maximum atomic E-state index is 13.0. The Hall–Kier alpha value is -2.10. The Bertz CT molecular complexity index is 1010. The fraction of sp³-hybridized carbons (Fsp3) is 0.455. The molecular weight excluding hydrogens is 434 g/mol. The van der Waals surface area contributed by atoms with Gasteiger partial charge in [0.2, 0.25) is 15.9 Å². The maximum absolute atomic E-state index is 13.0. The molecule has 1 aliphatic carbocycles. The first-order valence-corrected chi connectivity index (χ1v) is 13.1. The van der Waals surface area contributed by atoms with Crippen LogP contribution in [0.25, 0.3) is 0 Å². The highest BCUT2D eigenvalue weighted by atomic mass is 32.2. The number of hydrogen-bond donors (Lipinski definition) is 0. The zero-order chi connectivity index (χ0) is 21.7. The van der Waals surface area contributed by atoms with E-state index in [1.54, 1.807) is 23.3 Å². The van der Waals surface area contributed by atoms with E-state index in [4.69, 9.17) is 4.42 Å². The Balaban J connectivity index is 1.40. The Morgan fingerprint density at radius 1 is 1.16 bits per heavy atom. The van der Waals surface area contributed by atoms with E-state index >= 15 is 0 Å². The summed E-state index contributed by atoms with van der Waals surface area (Å²) in [6.07, 6.45) is 11.0. The summed E-state index contributed by atoms with van der Waals surface area (Å²) in [5, 5.41) is 0.629. The number of pyridine rings is 1. The van der Waals surface area contributed by atoms with Crippen molar-refractivity contribution in [2.24, 2.45) is 0 Å². The number of rotatable bonds is 8. The number of furan rings is 1. The summed E-state index contributed by atoms with van der Waals surface area (Å²) < 4.78 is 32.2. The second-order valence-electron chi connectivity index (χ2n) is 7.73. The van der Waals surface area contributed by atoms with Crippen molar-refractivity contribution in [2.45, 2.75) is 55.0 Å². The van der Waals surface area contributed by atoms with E-state index < -0.39 is 10.0 Å². The average molecular weight is 462 g/mol. The SMILES string of the molecule is O=C(CSc1ccc(S(=O)(=O)N2CCCC2)cn1)N(Cc1ccco1)C1=CCCCC1. The lowest BCUT2D eigenvalue weighted by atomic mass is 10.0. The third-order valence-electron chi connectivity index (χ3n) is 5.56. The van der Waals surface area contributed by atoms with Crippen molar-refractivity contribution in [1.82, 2.24) is 14.2 Å². The fourth-order valence-corrected chi connectivity index (χ4v) is 6.05. The average Bonchev–Trinajstić information content (AvgIpc) is 3.51. The number of amides is 1. The van der Waals surface area contributed by atoms with Crippen LogP contribution >= 0.6 is 11.8 Å². The normalized spacial score (nSPS) is 17.5. The second kappa shape index (κ2) is 10.0. The number of allylic oxidation sites excluding steroid dienone is 2. The van der Waals surface area contributed by atoms with Gasteiger partial charge in [0.05, 0.1) is 23.6 Å². The van der Waals surface area contributed by atoms with Gasteiger partial charge in [0.15, 0.2) is 0 Å². The van der Waals surface area contributed by atoms with Crippen molar-refractivity contribution in [3.05, 3.63) is 54.3 Å². The highest BCUT2D eigenvalue weighted by Gasteiger charge is 2.27. The van der Waals surface area contributed by atoms with Gasteiger partial charge in [-0.05, 0) is 62.8 Å². The van der Waals surface area contributed by atoms with Gasteiger partial charge in [-0.15, -0.1) is 0 Å². The van der Waals surface area contributed by atoms with Gasteiger partial charge in [0, 0.05) is 25.0 Å². The van der Waals surface area contributed by atoms with Crippen molar-refractivity contribution in [1.29, 1.82) is 0 Å². The first-order chi connectivity index (χ1) is 15.0. The summed E-state index contributed by atoms with van der Waals surface area (Å²) in [5.41, 5.74) is 1.05. The quantitative estimate of drug-likeness (QED) is 0.552. The molecule has 0 N–H and O–H groups in total. The molecule has 3 heterocycles. The summed E-state index contributed by atoms with van der Waals surface area (Å²) in [6.45, 7) is 1.54. The standard InChI is InChI=1S/C22H27N3O4S2/c26-22(25(16-19-9-6-14-29-19)18-7-2-1-3-8-18)17-30-21-11-10-20(15-23-21)31(27,28)24-12-4-5-13-24/h6-7,9-11,14-15H,1-5,8,12-13,16-17H2. The summed E-state index contributed by atoms with van der Waals surface area (Å²) in [4.78, 5) is 19.3. The molecule has 4 rings (SSSR count). The van der Waals surface area contributed by atoms with Crippen molar-refractivity contribution < 1.29 is 17.6 Å². The smallest absolute Gasteiger partial charge is 0.244 e. The molecule has 0 atom stereocenters. The molecule has 0 saturated carbocycles. The molecule has 1 amide bonds. The van der Waals surface area contributed by atoms with Crippen LogP contribution in [0.3, 0.4) is 0 Å². The van der Waals surface area contributed by atoms with E-state index in [-0.39, 0.29) is 16.6 Å². The number of carbonyl (C=O) groups excluding carboxylic acids is 1. The van der Waals surface area contributed by atoms with Gasteiger partial charge >= 0.3 is 0 Å². The molecule has 7 nitrogen and oxygen atoms in total. The lowest BCUT2D eigenvalue weighted by Gasteiger charge is -2.27. The van der Waals surface area contributed by atoms with E-state index in [1.165, 1.54) is 22.3 Å². The topological polar surface area (TPSA) is 83.7 Å².